The molecule has 2 aromatic heterocycles. The summed E-state index contributed by atoms with van der Waals surface area (Å²) in [4.78, 5) is 41.7. The molecule has 4 rings (SSSR count). The molecule has 0 radical (unpaired) electrons. The van der Waals surface area contributed by atoms with Crippen molar-refractivity contribution in [3.05, 3.63) is 86.4 Å². The van der Waals surface area contributed by atoms with Gasteiger partial charge in [0.25, 0.3) is 11.4 Å². The number of amides is 1. The first kappa shape index (κ1) is 19.1. The van der Waals surface area contributed by atoms with Gasteiger partial charge in [0.2, 0.25) is 0 Å². The first-order chi connectivity index (χ1) is 13.9. The molecule has 1 aromatic carbocycles. The number of aromatic amines is 1. The zero-order valence-corrected chi connectivity index (χ0v) is 16.5. The molecule has 0 aliphatic heterocycles. The zero-order chi connectivity index (χ0) is 20.5. The van der Waals surface area contributed by atoms with Crippen molar-refractivity contribution in [2.45, 2.75) is 26.2 Å². The summed E-state index contributed by atoms with van der Waals surface area (Å²) in [6.45, 7) is 1.86. The number of ketones is 1. The Labute approximate surface area is 172 Å². The summed E-state index contributed by atoms with van der Waals surface area (Å²) in [7, 11) is 0. The average molecular weight is 409 g/mol. The molecule has 2 N–H and O–H groups in total. The molecule has 0 fully saturated rings. The van der Waals surface area contributed by atoms with Crippen LogP contribution in [0.25, 0.3) is 5.69 Å². The van der Waals surface area contributed by atoms with Crippen molar-refractivity contribution >= 4 is 29.1 Å². The summed E-state index contributed by atoms with van der Waals surface area (Å²) in [5, 5.41) is 3.25. The number of aromatic nitrogens is 2. The predicted octanol–water partition coefficient (Wildman–Crippen LogP) is 3.38. The Morgan fingerprint density at radius 1 is 1.10 bits per heavy atom. The molecular weight excluding hydrogens is 390 g/mol. The maximum absolute atomic E-state index is 13.3. The van der Waals surface area contributed by atoms with Crippen LogP contribution in [0.5, 0.6) is 0 Å². The maximum atomic E-state index is 13.3. The van der Waals surface area contributed by atoms with Gasteiger partial charge >= 0.3 is 5.91 Å². The van der Waals surface area contributed by atoms with Crippen molar-refractivity contribution in [2.75, 3.05) is 5.32 Å². The fourth-order valence-electron chi connectivity index (χ4n) is 3.56. The van der Waals surface area contributed by atoms with Crippen LogP contribution in [0.3, 0.4) is 0 Å². The van der Waals surface area contributed by atoms with E-state index in [1.165, 1.54) is 10.6 Å². The number of H-pyrrole nitrogens is 1. The summed E-state index contributed by atoms with van der Waals surface area (Å²) in [6, 6.07) is 13.6. The van der Waals surface area contributed by atoms with Crippen molar-refractivity contribution in [3.8, 4) is 5.69 Å². The summed E-state index contributed by atoms with van der Waals surface area (Å²) in [6.07, 6.45) is 1.66. The van der Waals surface area contributed by atoms with Crippen molar-refractivity contribution in [2.24, 2.45) is 0 Å². The highest BCUT2D eigenvalue weighted by Crippen LogP contribution is 2.24. The summed E-state index contributed by atoms with van der Waals surface area (Å²) >= 11 is 5.98. The quantitative estimate of drug-likeness (QED) is 0.721. The third kappa shape index (κ3) is 3.71. The number of hydrogen-bond acceptors (Lipinski definition) is 3. The number of anilines is 1. The van der Waals surface area contributed by atoms with Gasteiger partial charge in [0.15, 0.2) is 5.78 Å². The number of nitrogens with one attached hydrogen (secondary N) is 2. The van der Waals surface area contributed by atoms with E-state index in [1.54, 1.807) is 36.4 Å². The normalized spacial score (nSPS) is 13.1. The molecule has 0 bridgehead atoms. The Morgan fingerprint density at radius 3 is 2.59 bits per heavy atom. The second-order valence-electron chi connectivity index (χ2n) is 7.01. The molecular formula is C22H19ClN3O3+. The van der Waals surface area contributed by atoms with Crippen LogP contribution in [-0.2, 0) is 6.42 Å². The molecule has 3 aromatic rings. The fourth-order valence-corrected chi connectivity index (χ4v) is 3.69. The van der Waals surface area contributed by atoms with E-state index in [0.29, 0.717) is 47.0 Å². The Morgan fingerprint density at radius 2 is 1.86 bits per heavy atom. The van der Waals surface area contributed by atoms with Gasteiger partial charge < -0.3 is 0 Å². The number of Topliss-reactive ketones (excluding diaryl/α,β-unsaturated/α-hetero) is 1. The van der Waals surface area contributed by atoms with Gasteiger partial charge in [0, 0.05) is 34.5 Å². The molecule has 146 valence electrons. The van der Waals surface area contributed by atoms with Gasteiger partial charge in [-0.1, -0.05) is 17.7 Å². The standard InChI is InChI=1S/C22H18ClN3O3/c1-13-4-2-7-20(24-13)25-21(28)17-12-16-18(5-3-6-19(16)27)26(22(17)29)15-10-8-14(23)9-11-15/h2,4,7-12H,3,5-6H2,1H3,(H,24,25,28)/p+1. The number of carbonyl (C=O) groups is 2. The fraction of sp³-hybridized carbons (Fsp3) is 0.182. The predicted molar refractivity (Wildman–Crippen MR) is 110 cm³/mol. The second-order valence-corrected chi connectivity index (χ2v) is 7.45. The maximum Gasteiger partial charge on any atom is 0.344 e. The Bertz CT molecular complexity index is 1180. The van der Waals surface area contributed by atoms with Gasteiger partial charge in [-0.25, -0.2) is 15.1 Å². The minimum absolute atomic E-state index is 0.0647. The van der Waals surface area contributed by atoms with Gasteiger partial charge in [-0.2, -0.15) is 0 Å². The van der Waals surface area contributed by atoms with Crippen LogP contribution in [-0.4, -0.2) is 16.3 Å². The number of nitrogens with zero attached hydrogens (tertiary/aromatic N) is 1. The molecule has 0 unspecified atom stereocenters. The molecule has 1 aliphatic carbocycles. The lowest BCUT2D eigenvalue weighted by Crippen LogP contribution is -2.34. The lowest BCUT2D eigenvalue weighted by molar-refractivity contribution is -0.370. The third-order valence-electron chi connectivity index (χ3n) is 4.94. The third-order valence-corrected chi connectivity index (χ3v) is 5.19. The van der Waals surface area contributed by atoms with Gasteiger partial charge in [0.05, 0.1) is 5.69 Å². The molecule has 29 heavy (non-hydrogen) atoms. The molecule has 1 aliphatic rings. The highest BCUT2D eigenvalue weighted by Gasteiger charge is 2.28. The average Bonchev–Trinajstić information content (AvgIpc) is 2.69. The van der Waals surface area contributed by atoms with Crippen molar-refractivity contribution in [1.29, 1.82) is 0 Å². The number of benzene rings is 1. The molecule has 0 atom stereocenters. The lowest BCUT2D eigenvalue weighted by Gasteiger charge is -2.21. The van der Waals surface area contributed by atoms with Crippen molar-refractivity contribution in [3.63, 3.8) is 0 Å². The highest BCUT2D eigenvalue weighted by molar-refractivity contribution is 6.30. The van der Waals surface area contributed by atoms with Crippen LogP contribution >= 0.6 is 11.6 Å². The van der Waals surface area contributed by atoms with E-state index in [9.17, 15) is 14.4 Å². The van der Waals surface area contributed by atoms with E-state index in [0.717, 1.165) is 5.69 Å². The molecule has 0 spiro atoms. The molecule has 0 saturated carbocycles. The molecule has 2 heterocycles. The van der Waals surface area contributed by atoms with Gasteiger partial charge in [0.1, 0.15) is 5.56 Å². The van der Waals surface area contributed by atoms with Gasteiger partial charge in [-0.05, 0) is 56.2 Å². The first-order valence-electron chi connectivity index (χ1n) is 9.32. The Balaban J connectivity index is 1.86. The number of halogens is 1. The summed E-state index contributed by atoms with van der Waals surface area (Å²) in [5.41, 5.74) is 1.94. The minimum atomic E-state index is -0.569. The number of rotatable bonds is 3. The smallest absolute Gasteiger partial charge is 0.294 e. The first-order valence-corrected chi connectivity index (χ1v) is 9.70. The SMILES string of the molecule is Cc1cccc(NC(=O)c2cc3c(n(-c4ccc(Cl)cc4)c2=O)CCCC3=O)[nH+]1. The minimum Gasteiger partial charge on any atom is -0.294 e. The Kier molecular flexibility index (Phi) is 5.03. The van der Waals surface area contributed by atoms with E-state index < -0.39 is 11.5 Å². The number of carbonyl (C=O) groups excluding carboxylic acids is 2. The largest absolute Gasteiger partial charge is 0.344 e. The van der Waals surface area contributed by atoms with Crippen LogP contribution in [0.2, 0.25) is 5.02 Å². The number of hydrogen-bond donors (Lipinski definition) is 1. The van der Waals surface area contributed by atoms with E-state index in [-0.39, 0.29) is 11.3 Å². The summed E-state index contributed by atoms with van der Waals surface area (Å²) in [5.74, 6) is -0.164. The lowest BCUT2D eigenvalue weighted by atomic mass is 9.92. The van der Waals surface area contributed by atoms with Crippen molar-refractivity contribution < 1.29 is 14.6 Å². The van der Waals surface area contributed by atoms with Crippen LogP contribution in [0.15, 0.2) is 53.3 Å². The van der Waals surface area contributed by atoms with Crippen LogP contribution < -0.4 is 15.9 Å². The van der Waals surface area contributed by atoms with E-state index in [1.807, 2.05) is 13.0 Å². The van der Waals surface area contributed by atoms with E-state index in [4.69, 9.17) is 11.6 Å². The van der Waals surface area contributed by atoms with Crippen LogP contribution in [0, 0.1) is 6.92 Å². The van der Waals surface area contributed by atoms with Crippen LogP contribution in [0.4, 0.5) is 5.82 Å². The monoisotopic (exact) mass is 408 g/mol. The van der Waals surface area contributed by atoms with E-state index >= 15 is 0 Å². The number of fused-ring (bicyclic) bond motifs is 1. The topological polar surface area (TPSA) is 82.3 Å². The molecule has 7 heteroatoms. The number of pyridine rings is 2. The number of aryl methyl sites for hydroxylation is 1. The Hall–Kier alpha value is -3.25. The zero-order valence-electron chi connectivity index (χ0n) is 15.8. The molecule has 1 amide bonds. The molecule has 0 saturated heterocycles. The van der Waals surface area contributed by atoms with Gasteiger partial charge in [-0.15, -0.1) is 0 Å². The van der Waals surface area contributed by atoms with Gasteiger partial charge in [-0.3, -0.25) is 14.2 Å². The van der Waals surface area contributed by atoms with Crippen LogP contribution in [0.1, 0.15) is 44.9 Å². The van der Waals surface area contributed by atoms with Crippen molar-refractivity contribution in [1.82, 2.24) is 4.57 Å². The second kappa shape index (κ2) is 7.64. The molecule has 6 nitrogen and oxygen atoms in total. The van der Waals surface area contributed by atoms with E-state index in [2.05, 4.69) is 10.3 Å². The summed E-state index contributed by atoms with van der Waals surface area (Å²) < 4.78 is 1.46. The highest BCUT2D eigenvalue weighted by atomic mass is 35.5.